The predicted molar refractivity (Wildman–Crippen MR) is 74.9 cm³/mol. The van der Waals surface area contributed by atoms with Gasteiger partial charge in [-0.1, -0.05) is 6.07 Å². The number of sulfonamides is 1. The Balaban J connectivity index is 0.00000220. The fraction of sp³-hybridized carbons (Fsp3) is 0.500. The quantitative estimate of drug-likeness (QED) is 0.894. The number of hydrogen-bond acceptors (Lipinski definition) is 3. The number of hydrogen-bond donors (Lipinski definition) is 1. The smallest absolute Gasteiger partial charge is 0.312 e. The third kappa shape index (κ3) is 4.09. The molecule has 0 aromatic heterocycles. The van der Waals surface area contributed by atoms with Gasteiger partial charge >= 0.3 is 6.18 Å². The van der Waals surface area contributed by atoms with Gasteiger partial charge in [0.2, 0.25) is 10.0 Å². The highest BCUT2D eigenvalue weighted by Crippen LogP contribution is 2.31. The maximum atomic E-state index is 12.6. The minimum atomic E-state index is -4.55. The molecule has 4 nitrogen and oxygen atoms in total. The Morgan fingerprint density at radius 2 is 2.00 bits per heavy atom. The van der Waals surface area contributed by atoms with E-state index in [1.54, 1.807) is 0 Å². The standard InChI is InChI=1S/C12H15F3N2O2S.ClH/c1-9-8-17(6-5-16-9)20(18,19)11-4-2-3-10(7-11)12(13,14)15;/h2-4,7,9,16H,5-6,8H2,1H3;1H. The number of piperazine rings is 1. The molecule has 1 fully saturated rings. The van der Waals surface area contributed by atoms with Crippen LogP contribution in [-0.2, 0) is 16.2 Å². The summed E-state index contributed by atoms with van der Waals surface area (Å²) < 4.78 is 63.8. The molecule has 1 saturated heterocycles. The van der Waals surface area contributed by atoms with E-state index in [1.165, 1.54) is 10.4 Å². The maximum absolute atomic E-state index is 12.6. The number of benzene rings is 1. The van der Waals surface area contributed by atoms with E-state index in [0.717, 1.165) is 12.1 Å². The highest BCUT2D eigenvalue weighted by atomic mass is 35.5. The van der Waals surface area contributed by atoms with Crippen LogP contribution in [0.2, 0.25) is 0 Å². The van der Waals surface area contributed by atoms with Crippen molar-refractivity contribution in [2.75, 3.05) is 19.6 Å². The van der Waals surface area contributed by atoms with E-state index in [-0.39, 0.29) is 36.4 Å². The molecule has 1 aliphatic heterocycles. The van der Waals surface area contributed by atoms with E-state index in [2.05, 4.69) is 5.32 Å². The van der Waals surface area contributed by atoms with Crippen molar-refractivity contribution in [3.05, 3.63) is 29.8 Å². The lowest BCUT2D eigenvalue weighted by molar-refractivity contribution is -0.137. The van der Waals surface area contributed by atoms with E-state index in [4.69, 9.17) is 0 Å². The Labute approximate surface area is 127 Å². The second-order valence-corrected chi connectivity index (χ2v) is 6.68. The van der Waals surface area contributed by atoms with Crippen molar-refractivity contribution in [2.45, 2.75) is 24.0 Å². The van der Waals surface area contributed by atoms with Gasteiger partial charge in [0.1, 0.15) is 0 Å². The summed E-state index contributed by atoms with van der Waals surface area (Å²) in [5.74, 6) is 0. The molecule has 0 amide bonds. The molecule has 0 radical (unpaired) electrons. The summed E-state index contributed by atoms with van der Waals surface area (Å²) in [6.45, 7) is 2.81. The lowest BCUT2D eigenvalue weighted by atomic mass is 10.2. The van der Waals surface area contributed by atoms with Crippen LogP contribution in [0.1, 0.15) is 12.5 Å². The van der Waals surface area contributed by atoms with Crippen molar-refractivity contribution in [1.29, 1.82) is 0 Å². The third-order valence-corrected chi connectivity index (χ3v) is 4.99. The van der Waals surface area contributed by atoms with Crippen molar-refractivity contribution in [2.24, 2.45) is 0 Å². The van der Waals surface area contributed by atoms with Crippen LogP contribution in [0.25, 0.3) is 0 Å². The highest BCUT2D eigenvalue weighted by molar-refractivity contribution is 7.89. The van der Waals surface area contributed by atoms with Gasteiger partial charge in [-0.05, 0) is 25.1 Å². The summed E-state index contributed by atoms with van der Waals surface area (Å²) in [5, 5.41) is 3.09. The maximum Gasteiger partial charge on any atom is 0.416 e. The minimum Gasteiger partial charge on any atom is -0.312 e. The van der Waals surface area contributed by atoms with Crippen molar-refractivity contribution in [3.8, 4) is 0 Å². The van der Waals surface area contributed by atoms with Crippen molar-refractivity contribution >= 4 is 22.4 Å². The van der Waals surface area contributed by atoms with Gasteiger partial charge in [-0.3, -0.25) is 0 Å². The molecular formula is C12H16ClF3N2O2S. The van der Waals surface area contributed by atoms with Crippen molar-refractivity contribution in [1.82, 2.24) is 9.62 Å². The minimum absolute atomic E-state index is 0. The zero-order chi connectivity index (χ0) is 15.0. The normalized spacial score (nSPS) is 20.9. The molecule has 9 heteroatoms. The first-order valence-electron chi connectivity index (χ1n) is 6.12. The Kier molecular flexibility index (Phi) is 5.65. The number of halogens is 4. The lowest BCUT2D eigenvalue weighted by Crippen LogP contribution is -2.51. The molecule has 1 atom stereocenters. The van der Waals surface area contributed by atoms with Crippen LogP contribution in [-0.4, -0.2) is 38.4 Å². The molecule has 1 aliphatic rings. The predicted octanol–water partition coefficient (Wildman–Crippen LogP) is 2.11. The summed E-state index contributed by atoms with van der Waals surface area (Å²) in [5.41, 5.74) is -0.957. The summed E-state index contributed by atoms with van der Waals surface area (Å²) in [4.78, 5) is -0.318. The van der Waals surface area contributed by atoms with Crippen LogP contribution in [0.15, 0.2) is 29.2 Å². The number of nitrogens with one attached hydrogen (secondary N) is 1. The Morgan fingerprint density at radius 1 is 1.33 bits per heavy atom. The van der Waals surface area contributed by atoms with Crippen LogP contribution in [0, 0.1) is 0 Å². The van der Waals surface area contributed by atoms with Crippen LogP contribution in [0.3, 0.4) is 0 Å². The van der Waals surface area contributed by atoms with Gasteiger partial charge in [0.15, 0.2) is 0 Å². The van der Waals surface area contributed by atoms with Crippen LogP contribution in [0.4, 0.5) is 13.2 Å². The second kappa shape index (κ2) is 6.51. The van der Waals surface area contributed by atoms with Gasteiger partial charge in [-0.2, -0.15) is 17.5 Å². The zero-order valence-corrected chi connectivity index (χ0v) is 12.9. The van der Waals surface area contributed by atoms with Crippen LogP contribution >= 0.6 is 12.4 Å². The van der Waals surface area contributed by atoms with Crippen LogP contribution < -0.4 is 5.32 Å². The molecule has 0 aliphatic carbocycles. The monoisotopic (exact) mass is 344 g/mol. The summed E-state index contributed by atoms with van der Waals surface area (Å²) in [6.07, 6.45) is -4.55. The van der Waals surface area contributed by atoms with E-state index in [0.29, 0.717) is 12.6 Å². The average molecular weight is 345 g/mol. The molecule has 1 unspecified atom stereocenters. The highest BCUT2D eigenvalue weighted by Gasteiger charge is 2.33. The van der Waals surface area contributed by atoms with E-state index in [9.17, 15) is 21.6 Å². The first-order chi connectivity index (χ1) is 9.21. The van der Waals surface area contributed by atoms with Gasteiger partial charge in [0.25, 0.3) is 0 Å². The number of rotatable bonds is 2. The van der Waals surface area contributed by atoms with Crippen LogP contribution in [0.5, 0.6) is 0 Å². The summed E-state index contributed by atoms with van der Waals surface area (Å²) in [6, 6.07) is 3.82. The molecule has 0 bridgehead atoms. The first kappa shape index (κ1) is 18.2. The topological polar surface area (TPSA) is 49.4 Å². The summed E-state index contributed by atoms with van der Waals surface area (Å²) in [7, 11) is -3.88. The fourth-order valence-corrected chi connectivity index (χ4v) is 3.67. The number of alkyl halides is 3. The van der Waals surface area contributed by atoms with Gasteiger partial charge < -0.3 is 5.32 Å². The average Bonchev–Trinajstić information content (AvgIpc) is 2.38. The van der Waals surface area contributed by atoms with Gasteiger partial charge in [0.05, 0.1) is 10.5 Å². The SMILES string of the molecule is CC1CN(S(=O)(=O)c2cccc(C(F)(F)F)c2)CCN1.Cl. The summed E-state index contributed by atoms with van der Waals surface area (Å²) >= 11 is 0. The van der Waals surface area contributed by atoms with Crippen molar-refractivity contribution in [3.63, 3.8) is 0 Å². The molecule has 1 N–H and O–H groups in total. The van der Waals surface area contributed by atoms with Gasteiger partial charge in [-0.25, -0.2) is 8.42 Å². The second-order valence-electron chi connectivity index (χ2n) is 4.74. The van der Waals surface area contributed by atoms with E-state index in [1.807, 2.05) is 6.92 Å². The first-order valence-corrected chi connectivity index (χ1v) is 7.56. The number of nitrogens with zero attached hydrogens (tertiary/aromatic N) is 1. The van der Waals surface area contributed by atoms with E-state index >= 15 is 0 Å². The molecule has 2 rings (SSSR count). The van der Waals surface area contributed by atoms with E-state index < -0.39 is 21.8 Å². The molecule has 1 aromatic rings. The molecule has 120 valence electrons. The molecule has 0 spiro atoms. The molecule has 21 heavy (non-hydrogen) atoms. The zero-order valence-electron chi connectivity index (χ0n) is 11.2. The third-order valence-electron chi connectivity index (χ3n) is 3.13. The van der Waals surface area contributed by atoms with Crippen molar-refractivity contribution < 1.29 is 21.6 Å². The Bertz CT molecular complexity index is 592. The largest absolute Gasteiger partial charge is 0.416 e. The van der Waals surface area contributed by atoms with Gasteiger partial charge in [-0.15, -0.1) is 12.4 Å². The molecule has 1 heterocycles. The van der Waals surface area contributed by atoms with Gasteiger partial charge in [0, 0.05) is 25.7 Å². The molecule has 1 aromatic carbocycles. The molecule has 0 saturated carbocycles. The lowest BCUT2D eigenvalue weighted by Gasteiger charge is -2.31. The Morgan fingerprint density at radius 3 is 2.57 bits per heavy atom. The fourth-order valence-electron chi connectivity index (χ4n) is 2.10. The molecular weight excluding hydrogens is 329 g/mol. The Hall–Kier alpha value is -0.830.